The predicted octanol–water partition coefficient (Wildman–Crippen LogP) is 5.17. The van der Waals surface area contributed by atoms with E-state index >= 15 is 0 Å². The fraction of sp³-hybridized carbons (Fsp3) is 0.600. The molecule has 0 spiro atoms. The van der Waals surface area contributed by atoms with Crippen LogP contribution in [0.1, 0.15) is 60.3 Å². The first-order chi connectivity index (χ1) is 11.3. The number of hydrogen-bond acceptors (Lipinski definition) is 3. The summed E-state index contributed by atoms with van der Waals surface area (Å²) < 4.78 is 0. The number of allylic oxidation sites excluding steroid dienone is 5. The molecule has 0 unspecified atom stereocenters. The number of rotatable bonds is 11. The van der Waals surface area contributed by atoms with Gasteiger partial charge in [0, 0.05) is 18.4 Å². The van der Waals surface area contributed by atoms with Gasteiger partial charge in [0.15, 0.2) is 0 Å². The van der Waals surface area contributed by atoms with Crippen LogP contribution in [0.2, 0.25) is 0 Å². The smallest absolute Gasteiger partial charge is 0.217 e. The van der Waals surface area contributed by atoms with Crippen molar-refractivity contribution in [3.8, 4) is 6.07 Å². The van der Waals surface area contributed by atoms with Gasteiger partial charge in [-0.1, -0.05) is 34.9 Å². The highest BCUT2D eigenvalue weighted by atomic mass is 32.2. The van der Waals surface area contributed by atoms with Crippen LogP contribution in [0, 0.1) is 11.3 Å². The number of hydrogen-bond donors (Lipinski definition) is 1. The second-order valence-electron chi connectivity index (χ2n) is 6.38. The van der Waals surface area contributed by atoms with Gasteiger partial charge in [0.2, 0.25) is 5.91 Å². The van der Waals surface area contributed by atoms with Gasteiger partial charge in [-0.2, -0.15) is 17.0 Å². The van der Waals surface area contributed by atoms with Crippen molar-refractivity contribution >= 4 is 17.7 Å². The summed E-state index contributed by atoms with van der Waals surface area (Å²) in [6, 6.07) is 1.71. The number of carbonyl (C=O) groups is 1. The molecule has 0 aliphatic rings. The Kier molecular flexibility index (Phi) is 13.1. The Bertz CT molecular complexity index is 508. The van der Waals surface area contributed by atoms with Crippen molar-refractivity contribution in [3.63, 3.8) is 0 Å². The van der Waals surface area contributed by atoms with Gasteiger partial charge >= 0.3 is 0 Å². The zero-order valence-electron chi connectivity index (χ0n) is 15.8. The zero-order chi connectivity index (χ0) is 18.4. The molecule has 0 saturated carbocycles. The summed E-state index contributed by atoms with van der Waals surface area (Å²) in [7, 11) is 0. The van der Waals surface area contributed by atoms with E-state index in [2.05, 4.69) is 57.3 Å². The SMILES string of the molecule is CC(=O)N[C@@H](C#N)CSC/C=C(\C)CC/C=C(\C)CCC=C(C)C. The van der Waals surface area contributed by atoms with Crippen LogP contribution in [0.15, 0.2) is 34.9 Å². The number of thioether (sulfide) groups is 1. The van der Waals surface area contributed by atoms with E-state index in [0.717, 1.165) is 31.4 Å². The summed E-state index contributed by atoms with van der Waals surface area (Å²) in [5.41, 5.74) is 4.22. The topological polar surface area (TPSA) is 52.9 Å². The van der Waals surface area contributed by atoms with Gasteiger partial charge < -0.3 is 5.32 Å². The standard InChI is InChI=1S/C20H32N2OS/c1-16(2)8-6-9-17(3)10-7-11-18(4)12-13-24-15-20(14-21)22-19(5)23/h8,10,12,20H,6-7,9,11,13,15H2,1-5H3,(H,22,23)/b17-10+,18-12+/t20-/m0/s1. The molecule has 24 heavy (non-hydrogen) atoms. The van der Waals surface area contributed by atoms with Crippen LogP contribution in [-0.4, -0.2) is 23.5 Å². The summed E-state index contributed by atoms with van der Waals surface area (Å²) in [6.45, 7) is 10.1. The van der Waals surface area contributed by atoms with Gasteiger partial charge in [0.1, 0.15) is 6.04 Å². The maximum atomic E-state index is 10.9. The number of nitriles is 1. The molecule has 1 atom stereocenters. The first-order valence-electron chi connectivity index (χ1n) is 8.54. The van der Waals surface area contributed by atoms with Crippen molar-refractivity contribution in [2.24, 2.45) is 0 Å². The van der Waals surface area contributed by atoms with E-state index < -0.39 is 6.04 Å². The minimum atomic E-state index is -0.396. The van der Waals surface area contributed by atoms with Gasteiger partial charge in [-0.05, 0) is 53.4 Å². The van der Waals surface area contributed by atoms with Crippen molar-refractivity contribution in [1.82, 2.24) is 5.32 Å². The molecule has 0 aromatic rings. The van der Waals surface area contributed by atoms with Crippen LogP contribution in [0.4, 0.5) is 0 Å². The molecule has 1 amide bonds. The Labute approximate surface area is 152 Å². The molecule has 0 aromatic carbocycles. The molecule has 0 bridgehead atoms. The maximum Gasteiger partial charge on any atom is 0.217 e. The maximum absolute atomic E-state index is 10.9. The van der Waals surface area contributed by atoms with E-state index in [1.165, 1.54) is 23.6 Å². The molecule has 0 fully saturated rings. The molecule has 0 aliphatic carbocycles. The highest BCUT2D eigenvalue weighted by Crippen LogP contribution is 2.12. The number of nitrogens with zero attached hydrogens (tertiary/aromatic N) is 1. The van der Waals surface area contributed by atoms with E-state index in [1.807, 2.05) is 0 Å². The average molecular weight is 349 g/mol. The quantitative estimate of drug-likeness (QED) is 0.414. The highest BCUT2D eigenvalue weighted by Gasteiger charge is 2.07. The van der Waals surface area contributed by atoms with Crippen LogP contribution in [0.3, 0.4) is 0 Å². The molecule has 134 valence electrons. The lowest BCUT2D eigenvalue weighted by molar-refractivity contribution is -0.119. The van der Waals surface area contributed by atoms with E-state index in [4.69, 9.17) is 5.26 Å². The molecular weight excluding hydrogens is 316 g/mol. The molecule has 0 aliphatic heterocycles. The summed E-state index contributed by atoms with van der Waals surface area (Å²) in [4.78, 5) is 10.9. The average Bonchev–Trinajstić information content (AvgIpc) is 2.49. The lowest BCUT2D eigenvalue weighted by Gasteiger charge is -2.08. The Morgan fingerprint density at radius 1 is 1.04 bits per heavy atom. The van der Waals surface area contributed by atoms with Crippen LogP contribution in [0.25, 0.3) is 0 Å². The second kappa shape index (κ2) is 13.9. The predicted molar refractivity (Wildman–Crippen MR) is 106 cm³/mol. The summed E-state index contributed by atoms with van der Waals surface area (Å²) in [5, 5.41) is 11.6. The Morgan fingerprint density at radius 2 is 1.62 bits per heavy atom. The Hall–Kier alpha value is -1.47. The first kappa shape index (κ1) is 22.5. The van der Waals surface area contributed by atoms with Crippen LogP contribution < -0.4 is 5.32 Å². The third kappa shape index (κ3) is 14.1. The fourth-order valence-corrected chi connectivity index (χ4v) is 3.01. The van der Waals surface area contributed by atoms with Crippen molar-refractivity contribution < 1.29 is 4.79 Å². The molecule has 0 aromatic heterocycles. The summed E-state index contributed by atoms with van der Waals surface area (Å²) in [6.07, 6.45) is 11.3. The van der Waals surface area contributed by atoms with Crippen LogP contribution >= 0.6 is 11.8 Å². The lowest BCUT2D eigenvalue weighted by atomic mass is 10.1. The van der Waals surface area contributed by atoms with Crippen LogP contribution in [-0.2, 0) is 4.79 Å². The van der Waals surface area contributed by atoms with Crippen molar-refractivity contribution in [2.75, 3.05) is 11.5 Å². The summed E-state index contributed by atoms with van der Waals surface area (Å²) in [5.74, 6) is 1.36. The summed E-state index contributed by atoms with van der Waals surface area (Å²) >= 11 is 1.67. The van der Waals surface area contributed by atoms with E-state index in [9.17, 15) is 4.79 Å². The van der Waals surface area contributed by atoms with Crippen molar-refractivity contribution in [1.29, 1.82) is 5.26 Å². The van der Waals surface area contributed by atoms with Gasteiger partial charge in [0.05, 0.1) is 6.07 Å². The number of amides is 1. The van der Waals surface area contributed by atoms with Gasteiger partial charge in [-0.15, -0.1) is 0 Å². The largest absolute Gasteiger partial charge is 0.340 e. The Morgan fingerprint density at radius 3 is 2.17 bits per heavy atom. The molecule has 0 heterocycles. The van der Waals surface area contributed by atoms with E-state index in [0.29, 0.717) is 5.75 Å². The number of carbonyl (C=O) groups excluding carboxylic acids is 1. The highest BCUT2D eigenvalue weighted by molar-refractivity contribution is 7.99. The van der Waals surface area contributed by atoms with Crippen LogP contribution in [0.5, 0.6) is 0 Å². The van der Waals surface area contributed by atoms with Gasteiger partial charge in [-0.25, -0.2) is 0 Å². The van der Waals surface area contributed by atoms with Gasteiger partial charge in [0.25, 0.3) is 0 Å². The minimum absolute atomic E-state index is 0.152. The van der Waals surface area contributed by atoms with Crippen molar-refractivity contribution in [2.45, 2.75) is 66.3 Å². The third-order valence-corrected chi connectivity index (χ3v) is 4.46. The molecular formula is C20H32N2OS. The van der Waals surface area contributed by atoms with E-state index in [1.54, 1.807) is 11.8 Å². The minimum Gasteiger partial charge on any atom is -0.340 e. The molecule has 0 radical (unpaired) electrons. The molecule has 3 nitrogen and oxygen atoms in total. The molecule has 0 saturated heterocycles. The normalized spacial score (nSPS) is 13.2. The fourth-order valence-electron chi connectivity index (χ4n) is 2.08. The van der Waals surface area contributed by atoms with E-state index in [-0.39, 0.29) is 5.91 Å². The van der Waals surface area contributed by atoms with Gasteiger partial charge in [-0.3, -0.25) is 4.79 Å². The monoisotopic (exact) mass is 348 g/mol. The second-order valence-corrected chi connectivity index (χ2v) is 7.45. The molecule has 1 N–H and O–H groups in total. The lowest BCUT2D eigenvalue weighted by Crippen LogP contribution is -2.33. The van der Waals surface area contributed by atoms with Crippen molar-refractivity contribution in [3.05, 3.63) is 34.9 Å². The zero-order valence-corrected chi connectivity index (χ0v) is 16.6. The molecule has 0 rings (SSSR count). The number of nitrogens with one attached hydrogen (secondary N) is 1. The Balaban J connectivity index is 3.97. The molecule has 4 heteroatoms. The third-order valence-electron chi connectivity index (χ3n) is 3.49. The first-order valence-corrected chi connectivity index (χ1v) is 9.69.